The molecule has 88 valence electrons. The van der Waals surface area contributed by atoms with E-state index in [2.05, 4.69) is 31.2 Å². The van der Waals surface area contributed by atoms with E-state index < -0.39 is 17.4 Å². The number of imidazole rings is 1. The Morgan fingerprint density at radius 3 is 2.76 bits per heavy atom. The standard InChI is InChI=1S/C10H7BrFN3O2/c11-6-3-5(12)1-2-7(6)14-9(16)8-4-13-10(17)15-8/h1-4H,(H,14,16)(H2,13,15,17). The van der Waals surface area contributed by atoms with Gasteiger partial charge in [0.25, 0.3) is 5.91 Å². The van der Waals surface area contributed by atoms with Gasteiger partial charge in [0.2, 0.25) is 0 Å². The first kappa shape index (κ1) is 11.6. The summed E-state index contributed by atoms with van der Waals surface area (Å²) < 4.78 is 13.2. The normalized spacial score (nSPS) is 10.2. The molecule has 1 aromatic carbocycles. The number of rotatable bonds is 2. The molecule has 2 aromatic rings. The number of aromatic nitrogens is 2. The van der Waals surface area contributed by atoms with Crippen LogP contribution in [0.25, 0.3) is 0 Å². The first-order chi connectivity index (χ1) is 8.06. The zero-order valence-electron chi connectivity index (χ0n) is 8.38. The number of carbonyl (C=O) groups is 1. The molecule has 1 heterocycles. The molecule has 0 fully saturated rings. The monoisotopic (exact) mass is 299 g/mol. The average molecular weight is 300 g/mol. The molecule has 1 amide bonds. The lowest BCUT2D eigenvalue weighted by Crippen LogP contribution is -2.14. The van der Waals surface area contributed by atoms with Gasteiger partial charge < -0.3 is 15.3 Å². The molecule has 0 bridgehead atoms. The van der Waals surface area contributed by atoms with E-state index in [1.165, 1.54) is 24.4 Å². The summed E-state index contributed by atoms with van der Waals surface area (Å²) in [4.78, 5) is 27.1. The molecule has 17 heavy (non-hydrogen) atoms. The fourth-order valence-electron chi connectivity index (χ4n) is 1.24. The Bertz CT molecular complexity index is 620. The van der Waals surface area contributed by atoms with E-state index in [-0.39, 0.29) is 5.69 Å². The van der Waals surface area contributed by atoms with E-state index in [9.17, 15) is 14.0 Å². The van der Waals surface area contributed by atoms with Crippen LogP contribution in [-0.4, -0.2) is 15.9 Å². The SMILES string of the molecule is O=C(Nc1ccc(F)cc1Br)c1c[nH]c(=O)[nH]1. The number of nitrogens with one attached hydrogen (secondary N) is 3. The Hall–Kier alpha value is -1.89. The van der Waals surface area contributed by atoms with Crippen molar-refractivity contribution in [2.24, 2.45) is 0 Å². The molecular formula is C10H7BrFN3O2. The van der Waals surface area contributed by atoms with Gasteiger partial charge in [-0.1, -0.05) is 0 Å². The maximum atomic E-state index is 12.8. The van der Waals surface area contributed by atoms with Crippen molar-refractivity contribution in [1.29, 1.82) is 0 Å². The minimum atomic E-state index is -0.490. The fraction of sp³-hybridized carbons (Fsp3) is 0. The number of halogens is 2. The lowest BCUT2D eigenvalue weighted by Gasteiger charge is -2.05. The highest BCUT2D eigenvalue weighted by Gasteiger charge is 2.10. The van der Waals surface area contributed by atoms with E-state index in [0.717, 1.165) is 0 Å². The minimum Gasteiger partial charge on any atom is -0.320 e. The van der Waals surface area contributed by atoms with Gasteiger partial charge in [0.05, 0.1) is 5.69 Å². The second kappa shape index (κ2) is 4.54. The number of amides is 1. The van der Waals surface area contributed by atoms with Crippen LogP contribution in [0.5, 0.6) is 0 Å². The highest BCUT2D eigenvalue weighted by Crippen LogP contribution is 2.23. The summed E-state index contributed by atoms with van der Waals surface area (Å²) in [7, 11) is 0. The third-order valence-electron chi connectivity index (χ3n) is 2.02. The Morgan fingerprint density at radius 2 is 2.18 bits per heavy atom. The molecule has 0 saturated heterocycles. The molecule has 3 N–H and O–H groups in total. The molecule has 0 unspecified atom stereocenters. The summed E-state index contributed by atoms with van der Waals surface area (Å²) in [6, 6.07) is 3.87. The van der Waals surface area contributed by atoms with E-state index >= 15 is 0 Å². The van der Waals surface area contributed by atoms with Crippen molar-refractivity contribution in [2.75, 3.05) is 5.32 Å². The molecule has 0 spiro atoms. The maximum Gasteiger partial charge on any atom is 0.323 e. The van der Waals surface area contributed by atoms with Gasteiger partial charge in [-0.15, -0.1) is 0 Å². The zero-order chi connectivity index (χ0) is 12.4. The lowest BCUT2D eigenvalue weighted by atomic mass is 10.3. The van der Waals surface area contributed by atoms with Crippen LogP contribution in [0.15, 0.2) is 33.7 Å². The van der Waals surface area contributed by atoms with Gasteiger partial charge in [-0.2, -0.15) is 0 Å². The molecule has 5 nitrogen and oxygen atoms in total. The predicted octanol–water partition coefficient (Wildman–Crippen LogP) is 1.86. The highest BCUT2D eigenvalue weighted by atomic mass is 79.9. The summed E-state index contributed by atoms with van der Waals surface area (Å²) in [5.74, 6) is -0.902. The van der Waals surface area contributed by atoms with Gasteiger partial charge in [0.1, 0.15) is 11.5 Å². The van der Waals surface area contributed by atoms with Crippen LogP contribution in [0.2, 0.25) is 0 Å². The number of carbonyl (C=O) groups excluding carboxylic acids is 1. The van der Waals surface area contributed by atoms with Gasteiger partial charge in [-0.25, -0.2) is 9.18 Å². The highest BCUT2D eigenvalue weighted by molar-refractivity contribution is 9.10. The molecule has 0 atom stereocenters. The molecule has 0 radical (unpaired) electrons. The molecule has 1 aromatic heterocycles. The fourth-order valence-corrected chi connectivity index (χ4v) is 1.68. The van der Waals surface area contributed by atoms with E-state index in [0.29, 0.717) is 10.2 Å². The van der Waals surface area contributed by atoms with Crippen molar-refractivity contribution in [3.8, 4) is 0 Å². The number of hydrogen-bond acceptors (Lipinski definition) is 2. The van der Waals surface area contributed by atoms with Crippen molar-refractivity contribution in [1.82, 2.24) is 9.97 Å². The molecule has 0 saturated carbocycles. The minimum absolute atomic E-state index is 0.103. The number of anilines is 1. The topological polar surface area (TPSA) is 77.8 Å². The second-order valence-corrected chi connectivity index (χ2v) is 4.09. The molecule has 0 aliphatic rings. The summed E-state index contributed by atoms with van der Waals surface area (Å²) in [6.07, 6.45) is 1.26. The Balaban J connectivity index is 2.21. The van der Waals surface area contributed by atoms with E-state index in [1.54, 1.807) is 0 Å². The first-order valence-corrected chi connectivity index (χ1v) is 5.39. The largest absolute Gasteiger partial charge is 0.323 e. The maximum absolute atomic E-state index is 12.8. The summed E-state index contributed by atoms with van der Waals surface area (Å²) in [5, 5.41) is 2.52. The Kier molecular flexibility index (Phi) is 3.10. The van der Waals surface area contributed by atoms with Crippen molar-refractivity contribution < 1.29 is 9.18 Å². The molecule has 0 aliphatic heterocycles. The average Bonchev–Trinajstić information content (AvgIpc) is 2.69. The number of H-pyrrole nitrogens is 2. The lowest BCUT2D eigenvalue weighted by molar-refractivity contribution is 0.102. The van der Waals surface area contributed by atoms with Crippen LogP contribution in [0.4, 0.5) is 10.1 Å². The van der Waals surface area contributed by atoms with Gasteiger partial charge in [0.15, 0.2) is 0 Å². The van der Waals surface area contributed by atoms with Gasteiger partial charge in [-0.05, 0) is 34.1 Å². The smallest absolute Gasteiger partial charge is 0.320 e. The summed E-state index contributed by atoms with van der Waals surface area (Å²) >= 11 is 3.12. The van der Waals surface area contributed by atoms with Crippen LogP contribution >= 0.6 is 15.9 Å². The predicted molar refractivity (Wildman–Crippen MR) is 63.5 cm³/mol. The third kappa shape index (κ3) is 2.62. The number of hydrogen-bond donors (Lipinski definition) is 3. The van der Waals surface area contributed by atoms with Crippen molar-refractivity contribution in [2.45, 2.75) is 0 Å². The molecule has 7 heteroatoms. The van der Waals surface area contributed by atoms with Crippen molar-refractivity contribution in [3.63, 3.8) is 0 Å². The van der Waals surface area contributed by atoms with Crippen LogP contribution in [0.1, 0.15) is 10.5 Å². The number of benzene rings is 1. The van der Waals surface area contributed by atoms with Gasteiger partial charge in [0, 0.05) is 10.7 Å². The summed E-state index contributed by atoms with van der Waals surface area (Å²) in [5.41, 5.74) is 0.0537. The number of aromatic amines is 2. The zero-order valence-corrected chi connectivity index (χ0v) is 9.97. The van der Waals surface area contributed by atoms with Crippen LogP contribution in [0, 0.1) is 5.82 Å². The third-order valence-corrected chi connectivity index (χ3v) is 2.68. The van der Waals surface area contributed by atoms with Crippen molar-refractivity contribution in [3.05, 3.63) is 50.9 Å². The van der Waals surface area contributed by atoms with Gasteiger partial charge in [-0.3, -0.25) is 4.79 Å². The molecule has 0 aliphatic carbocycles. The van der Waals surface area contributed by atoms with Crippen molar-refractivity contribution >= 4 is 27.5 Å². The van der Waals surface area contributed by atoms with E-state index in [4.69, 9.17) is 0 Å². The van der Waals surface area contributed by atoms with Crippen LogP contribution < -0.4 is 11.0 Å². The Morgan fingerprint density at radius 1 is 1.41 bits per heavy atom. The molecule has 2 rings (SSSR count). The van der Waals surface area contributed by atoms with Crippen LogP contribution in [0.3, 0.4) is 0 Å². The van der Waals surface area contributed by atoms with E-state index in [1.807, 2.05) is 0 Å². The summed E-state index contributed by atoms with van der Waals surface area (Å²) in [6.45, 7) is 0. The van der Waals surface area contributed by atoms with Crippen LogP contribution in [-0.2, 0) is 0 Å². The quantitative estimate of drug-likeness (QED) is 0.791. The van der Waals surface area contributed by atoms with Gasteiger partial charge >= 0.3 is 5.69 Å². The second-order valence-electron chi connectivity index (χ2n) is 3.23. The molecular weight excluding hydrogens is 293 g/mol. The Labute approximate surface area is 103 Å². The first-order valence-electron chi connectivity index (χ1n) is 4.60.